The van der Waals surface area contributed by atoms with Gasteiger partial charge in [0.2, 0.25) is 0 Å². The van der Waals surface area contributed by atoms with Gasteiger partial charge in [-0.05, 0) is 30.2 Å². The van der Waals surface area contributed by atoms with Crippen molar-refractivity contribution >= 4 is 0 Å². The van der Waals surface area contributed by atoms with E-state index in [2.05, 4.69) is 0 Å². The molecule has 19 heavy (non-hydrogen) atoms. The number of benzene rings is 1. The van der Waals surface area contributed by atoms with Gasteiger partial charge in [-0.15, -0.1) is 0 Å². The Morgan fingerprint density at radius 2 is 2.21 bits per heavy atom. The molecule has 2 aromatic rings. The molecule has 1 aromatic carbocycles. The number of halogens is 1. The van der Waals surface area contributed by atoms with Crippen LogP contribution in [-0.4, -0.2) is 9.67 Å². The van der Waals surface area contributed by atoms with Gasteiger partial charge in [-0.1, -0.05) is 13.0 Å². The van der Waals surface area contributed by atoms with Crippen LogP contribution in [0.2, 0.25) is 0 Å². The molecule has 1 atom stereocenters. The molecule has 1 N–H and O–H groups in total. The molecule has 0 aliphatic heterocycles. The monoisotopic (exact) mass is 258 g/mol. The Morgan fingerprint density at radius 1 is 1.42 bits per heavy atom. The molecular weight excluding hydrogens is 243 g/mol. The number of rotatable bonds is 4. The quantitative estimate of drug-likeness (QED) is 0.916. The van der Waals surface area contributed by atoms with Crippen molar-refractivity contribution in [2.75, 3.05) is 0 Å². The van der Waals surface area contributed by atoms with Gasteiger partial charge in [-0.2, -0.15) is 5.26 Å². The fourth-order valence-corrected chi connectivity index (χ4v) is 1.93. The molecule has 0 saturated carbocycles. The maximum Gasteiger partial charge on any atom is 0.129 e. The molecule has 0 radical (unpaired) electrons. The number of aliphatic hydroxyl groups excluding tert-OH is 1. The Bertz CT molecular complexity index is 613. The number of aliphatic hydroxyl groups is 1. The highest BCUT2D eigenvalue weighted by molar-refractivity contribution is 5.33. The highest BCUT2D eigenvalue weighted by atomic mass is 19.1. The first-order valence-electron chi connectivity index (χ1n) is 6.16. The summed E-state index contributed by atoms with van der Waals surface area (Å²) in [5, 5.41) is 18.4. The SMILES string of the molecule is CCC(O)c1ccn(Cc2ccc(C#N)cc2F)c1. The summed E-state index contributed by atoms with van der Waals surface area (Å²) in [7, 11) is 0. The zero-order valence-electron chi connectivity index (χ0n) is 10.7. The highest BCUT2D eigenvalue weighted by Crippen LogP contribution is 2.18. The first-order valence-corrected chi connectivity index (χ1v) is 6.16. The molecule has 0 aliphatic rings. The summed E-state index contributed by atoms with van der Waals surface area (Å²) in [5.74, 6) is -0.384. The van der Waals surface area contributed by atoms with Crippen molar-refractivity contribution in [2.24, 2.45) is 0 Å². The summed E-state index contributed by atoms with van der Waals surface area (Å²) >= 11 is 0. The lowest BCUT2D eigenvalue weighted by Gasteiger charge is -2.06. The van der Waals surface area contributed by atoms with Crippen molar-refractivity contribution in [3.8, 4) is 6.07 Å². The van der Waals surface area contributed by atoms with Crippen LogP contribution in [0.1, 0.15) is 36.1 Å². The normalized spacial score (nSPS) is 12.1. The summed E-state index contributed by atoms with van der Waals surface area (Å²) in [6.07, 6.45) is 3.79. The van der Waals surface area contributed by atoms with Gasteiger partial charge in [0.15, 0.2) is 0 Å². The van der Waals surface area contributed by atoms with Crippen LogP contribution in [0, 0.1) is 17.1 Å². The van der Waals surface area contributed by atoms with E-state index in [0.717, 1.165) is 5.56 Å². The van der Waals surface area contributed by atoms with Crippen LogP contribution in [-0.2, 0) is 6.54 Å². The number of nitrogens with zero attached hydrogens (tertiary/aromatic N) is 2. The maximum atomic E-state index is 13.7. The van der Waals surface area contributed by atoms with Gasteiger partial charge in [0.05, 0.1) is 17.7 Å². The smallest absolute Gasteiger partial charge is 0.129 e. The van der Waals surface area contributed by atoms with Crippen molar-refractivity contribution in [3.05, 3.63) is 59.2 Å². The molecule has 4 heteroatoms. The van der Waals surface area contributed by atoms with E-state index in [1.807, 2.05) is 36.0 Å². The largest absolute Gasteiger partial charge is 0.388 e. The second kappa shape index (κ2) is 5.68. The van der Waals surface area contributed by atoms with E-state index in [-0.39, 0.29) is 5.82 Å². The topological polar surface area (TPSA) is 49.0 Å². The summed E-state index contributed by atoms with van der Waals surface area (Å²) in [6.45, 7) is 2.29. The van der Waals surface area contributed by atoms with Crippen LogP contribution in [0.3, 0.4) is 0 Å². The molecular formula is C15H15FN2O. The van der Waals surface area contributed by atoms with Crippen LogP contribution in [0.15, 0.2) is 36.7 Å². The molecule has 1 aromatic heterocycles. The molecule has 0 saturated heterocycles. The van der Waals surface area contributed by atoms with Crippen molar-refractivity contribution < 1.29 is 9.50 Å². The fraction of sp³-hybridized carbons (Fsp3) is 0.267. The lowest BCUT2D eigenvalue weighted by molar-refractivity contribution is 0.173. The molecule has 3 nitrogen and oxygen atoms in total. The minimum Gasteiger partial charge on any atom is -0.388 e. The average Bonchev–Trinajstić information content (AvgIpc) is 2.88. The van der Waals surface area contributed by atoms with Gasteiger partial charge in [0.1, 0.15) is 5.82 Å². The Balaban J connectivity index is 2.17. The summed E-state index contributed by atoms with van der Waals surface area (Å²) in [4.78, 5) is 0. The van der Waals surface area contributed by atoms with E-state index in [1.54, 1.807) is 12.1 Å². The Morgan fingerprint density at radius 3 is 2.84 bits per heavy atom. The van der Waals surface area contributed by atoms with Gasteiger partial charge < -0.3 is 9.67 Å². The minimum absolute atomic E-state index is 0.316. The molecule has 0 aliphatic carbocycles. The van der Waals surface area contributed by atoms with E-state index >= 15 is 0 Å². The zero-order chi connectivity index (χ0) is 13.8. The minimum atomic E-state index is -0.480. The summed E-state index contributed by atoms with van der Waals surface area (Å²) in [6, 6.07) is 8.19. The molecule has 0 bridgehead atoms. The van der Waals surface area contributed by atoms with Crippen LogP contribution < -0.4 is 0 Å². The first kappa shape index (κ1) is 13.3. The van der Waals surface area contributed by atoms with E-state index in [4.69, 9.17) is 5.26 Å². The van der Waals surface area contributed by atoms with Crippen molar-refractivity contribution in [2.45, 2.75) is 26.0 Å². The number of hydrogen-bond acceptors (Lipinski definition) is 2. The molecule has 0 spiro atoms. The predicted molar refractivity (Wildman–Crippen MR) is 69.9 cm³/mol. The molecule has 98 valence electrons. The van der Waals surface area contributed by atoms with E-state index < -0.39 is 6.10 Å². The van der Waals surface area contributed by atoms with E-state index in [0.29, 0.717) is 24.1 Å². The predicted octanol–water partition coefficient (Wildman–Crippen LogP) is 2.99. The van der Waals surface area contributed by atoms with Gasteiger partial charge in [0, 0.05) is 24.5 Å². The second-order valence-corrected chi connectivity index (χ2v) is 4.46. The van der Waals surface area contributed by atoms with Gasteiger partial charge in [-0.25, -0.2) is 4.39 Å². The first-order chi connectivity index (χ1) is 9.13. The van der Waals surface area contributed by atoms with Crippen molar-refractivity contribution in [1.29, 1.82) is 5.26 Å². The third kappa shape index (κ3) is 3.01. The third-order valence-electron chi connectivity index (χ3n) is 3.08. The third-order valence-corrected chi connectivity index (χ3v) is 3.08. The maximum absolute atomic E-state index is 13.7. The number of aromatic nitrogens is 1. The van der Waals surface area contributed by atoms with Crippen LogP contribution in [0.4, 0.5) is 4.39 Å². The van der Waals surface area contributed by atoms with Crippen LogP contribution in [0.25, 0.3) is 0 Å². The van der Waals surface area contributed by atoms with E-state index in [1.165, 1.54) is 6.07 Å². The Hall–Kier alpha value is -2.12. The highest BCUT2D eigenvalue weighted by Gasteiger charge is 2.08. The number of nitriles is 1. The fourth-order valence-electron chi connectivity index (χ4n) is 1.93. The lowest BCUT2D eigenvalue weighted by atomic mass is 10.1. The Kier molecular flexibility index (Phi) is 3.98. The molecule has 0 fully saturated rings. The van der Waals surface area contributed by atoms with Gasteiger partial charge in [0.25, 0.3) is 0 Å². The lowest BCUT2D eigenvalue weighted by Crippen LogP contribution is -2.00. The standard InChI is InChI=1S/C15H15FN2O/c1-2-15(19)13-5-6-18(10-13)9-12-4-3-11(8-17)7-14(12)16/h3-7,10,15,19H,2,9H2,1H3. The van der Waals surface area contributed by atoms with Crippen LogP contribution >= 0.6 is 0 Å². The molecule has 2 rings (SSSR count). The van der Waals surface area contributed by atoms with Crippen molar-refractivity contribution in [1.82, 2.24) is 4.57 Å². The summed E-state index contributed by atoms with van der Waals surface area (Å²) < 4.78 is 15.6. The molecule has 1 unspecified atom stereocenters. The Labute approximate surface area is 111 Å². The van der Waals surface area contributed by atoms with Gasteiger partial charge >= 0.3 is 0 Å². The zero-order valence-corrected chi connectivity index (χ0v) is 10.7. The van der Waals surface area contributed by atoms with Crippen molar-refractivity contribution in [3.63, 3.8) is 0 Å². The average molecular weight is 258 g/mol. The van der Waals surface area contributed by atoms with E-state index in [9.17, 15) is 9.50 Å². The molecule has 1 heterocycles. The molecule has 0 amide bonds. The summed E-state index contributed by atoms with van der Waals surface area (Å²) in [5.41, 5.74) is 1.67. The van der Waals surface area contributed by atoms with Gasteiger partial charge in [-0.3, -0.25) is 0 Å². The number of hydrogen-bond donors (Lipinski definition) is 1. The second-order valence-electron chi connectivity index (χ2n) is 4.46. The van der Waals surface area contributed by atoms with Crippen LogP contribution in [0.5, 0.6) is 0 Å².